The van der Waals surface area contributed by atoms with Crippen molar-refractivity contribution in [2.45, 2.75) is 37.0 Å². The van der Waals surface area contributed by atoms with E-state index in [0.717, 1.165) is 36.2 Å². The Morgan fingerprint density at radius 3 is 1.65 bits per heavy atom. The maximum Gasteiger partial charge on any atom is 0.259 e. The maximum absolute atomic E-state index is 14.6. The molecule has 0 saturated heterocycles. The molecular weight excluding hydrogens is 543 g/mol. The zero-order chi connectivity index (χ0) is 29.0. The second-order valence-electron chi connectivity index (χ2n) is 11.4. The van der Waals surface area contributed by atoms with Crippen LogP contribution in [0.2, 0.25) is 0 Å². The SMILES string of the molecule is O=C(c1ccccc1)N1C(C2CCC[C@@H]2P(c2ccccc2)c2ccccc2)=N[C@H](c2ccccc2)[C@H]1c1ccccc1. The van der Waals surface area contributed by atoms with Crippen LogP contribution in [-0.4, -0.2) is 22.3 Å². The van der Waals surface area contributed by atoms with Crippen molar-refractivity contribution in [3.05, 3.63) is 168 Å². The smallest absolute Gasteiger partial charge is 0.259 e. The van der Waals surface area contributed by atoms with Crippen molar-refractivity contribution in [2.75, 3.05) is 0 Å². The predicted molar refractivity (Wildman–Crippen MR) is 179 cm³/mol. The van der Waals surface area contributed by atoms with Crippen LogP contribution in [0.3, 0.4) is 0 Å². The molecule has 7 rings (SSSR count). The van der Waals surface area contributed by atoms with Crippen molar-refractivity contribution >= 4 is 30.3 Å². The first-order valence-corrected chi connectivity index (χ1v) is 16.7. The molecule has 4 heteroatoms. The van der Waals surface area contributed by atoms with Crippen LogP contribution in [0.5, 0.6) is 0 Å². The summed E-state index contributed by atoms with van der Waals surface area (Å²) in [5, 5.41) is 2.78. The van der Waals surface area contributed by atoms with Gasteiger partial charge in [0.1, 0.15) is 11.9 Å². The van der Waals surface area contributed by atoms with Gasteiger partial charge in [-0.2, -0.15) is 0 Å². The molecule has 3 nitrogen and oxygen atoms in total. The van der Waals surface area contributed by atoms with E-state index in [1.54, 1.807) is 0 Å². The first-order valence-electron chi connectivity index (χ1n) is 15.2. The fourth-order valence-corrected chi connectivity index (χ4v) is 10.1. The van der Waals surface area contributed by atoms with E-state index in [4.69, 9.17) is 4.99 Å². The lowest BCUT2D eigenvalue weighted by Crippen LogP contribution is -2.43. The molecule has 1 fully saturated rings. The van der Waals surface area contributed by atoms with Crippen LogP contribution >= 0.6 is 7.92 Å². The molecule has 212 valence electrons. The molecule has 2 aliphatic rings. The minimum absolute atomic E-state index is 0.0287. The van der Waals surface area contributed by atoms with Crippen LogP contribution in [0.15, 0.2) is 157 Å². The van der Waals surface area contributed by atoms with Gasteiger partial charge in [-0.1, -0.05) is 146 Å². The van der Waals surface area contributed by atoms with Gasteiger partial charge in [-0.05, 0) is 60.3 Å². The van der Waals surface area contributed by atoms with Crippen LogP contribution in [0.4, 0.5) is 0 Å². The number of amides is 1. The standard InChI is InChI=1S/C39H35N2OP/c42-39(31-21-10-3-11-22-31)41-37(30-19-8-2-9-20-30)36(29-17-6-1-7-18-29)40-38(41)34-27-16-28-35(34)43(32-23-12-4-13-24-32)33-25-14-5-15-26-33/h1-15,17-26,34-37H,16,27-28H2/t34?,35-,36+,37+/m0/s1. The number of hydrogen-bond acceptors (Lipinski definition) is 2. The lowest BCUT2D eigenvalue weighted by Gasteiger charge is -2.35. The number of hydrogen-bond donors (Lipinski definition) is 0. The quantitative estimate of drug-likeness (QED) is 0.179. The van der Waals surface area contributed by atoms with Crippen molar-refractivity contribution in [1.29, 1.82) is 0 Å². The molecule has 0 radical (unpaired) electrons. The third kappa shape index (κ3) is 5.46. The van der Waals surface area contributed by atoms with Crippen molar-refractivity contribution < 1.29 is 4.79 Å². The molecule has 0 N–H and O–H groups in total. The lowest BCUT2D eigenvalue weighted by atomic mass is 9.93. The molecule has 5 aromatic rings. The van der Waals surface area contributed by atoms with E-state index in [2.05, 4.69) is 114 Å². The fraction of sp³-hybridized carbons (Fsp3) is 0.179. The number of nitrogens with zero attached hydrogens (tertiary/aromatic N) is 2. The Balaban J connectivity index is 1.38. The van der Waals surface area contributed by atoms with E-state index < -0.39 is 7.92 Å². The van der Waals surface area contributed by atoms with Gasteiger partial charge in [0.2, 0.25) is 0 Å². The van der Waals surface area contributed by atoms with Crippen molar-refractivity contribution in [3.8, 4) is 0 Å². The van der Waals surface area contributed by atoms with Gasteiger partial charge in [0.15, 0.2) is 0 Å². The van der Waals surface area contributed by atoms with Crippen molar-refractivity contribution in [2.24, 2.45) is 10.9 Å². The van der Waals surface area contributed by atoms with Crippen LogP contribution in [0.1, 0.15) is 52.8 Å². The molecule has 0 bridgehead atoms. The van der Waals surface area contributed by atoms with E-state index in [1.165, 1.54) is 10.6 Å². The number of carbonyl (C=O) groups excluding carboxylic acids is 1. The second-order valence-corrected chi connectivity index (χ2v) is 13.8. The normalized spacial score (nSPS) is 21.6. The topological polar surface area (TPSA) is 32.7 Å². The van der Waals surface area contributed by atoms with Gasteiger partial charge in [0, 0.05) is 11.5 Å². The molecule has 0 aromatic heterocycles. The van der Waals surface area contributed by atoms with Crippen molar-refractivity contribution in [1.82, 2.24) is 4.90 Å². The molecule has 0 spiro atoms. The third-order valence-corrected chi connectivity index (χ3v) is 11.8. The molecular formula is C39H35N2OP. The van der Waals surface area contributed by atoms with Crippen LogP contribution in [0.25, 0.3) is 0 Å². The minimum Gasteiger partial charge on any atom is -0.286 e. The molecule has 1 unspecified atom stereocenters. The molecule has 1 saturated carbocycles. The summed E-state index contributed by atoms with van der Waals surface area (Å²) in [4.78, 5) is 22.3. The lowest BCUT2D eigenvalue weighted by molar-refractivity contribution is 0.0798. The Morgan fingerprint density at radius 1 is 0.605 bits per heavy atom. The molecule has 1 heterocycles. The Morgan fingerprint density at radius 2 is 1.09 bits per heavy atom. The predicted octanol–water partition coefficient (Wildman–Crippen LogP) is 8.33. The number of carbonyl (C=O) groups is 1. The van der Waals surface area contributed by atoms with Gasteiger partial charge in [-0.3, -0.25) is 14.7 Å². The van der Waals surface area contributed by atoms with Crippen LogP contribution in [-0.2, 0) is 0 Å². The first-order chi connectivity index (χ1) is 21.3. The fourth-order valence-electron chi connectivity index (χ4n) is 6.93. The average molecular weight is 579 g/mol. The summed E-state index contributed by atoms with van der Waals surface area (Å²) in [7, 11) is -0.656. The number of aliphatic imine (C=N–C) groups is 1. The van der Waals surface area contributed by atoms with Gasteiger partial charge in [-0.25, -0.2) is 0 Å². The van der Waals surface area contributed by atoms with E-state index >= 15 is 0 Å². The zero-order valence-corrected chi connectivity index (χ0v) is 25.0. The second kappa shape index (κ2) is 12.5. The Hall–Kier alpha value is -4.33. The van der Waals surface area contributed by atoms with Gasteiger partial charge in [0.05, 0.1) is 6.04 Å². The summed E-state index contributed by atoms with van der Waals surface area (Å²) in [5.41, 5.74) is 3.34. The monoisotopic (exact) mass is 578 g/mol. The van der Waals surface area contributed by atoms with E-state index in [0.29, 0.717) is 11.2 Å². The molecule has 1 aliphatic heterocycles. The minimum atomic E-state index is -0.656. The maximum atomic E-state index is 14.6. The summed E-state index contributed by atoms with van der Waals surface area (Å²) in [5.74, 6) is 1.17. The largest absolute Gasteiger partial charge is 0.286 e. The summed E-state index contributed by atoms with van der Waals surface area (Å²) < 4.78 is 0. The van der Waals surface area contributed by atoms with Crippen LogP contribution in [0, 0.1) is 5.92 Å². The van der Waals surface area contributed by atoms with Crippen LogP contribution < -0.4 is 10.6 Å². The summed E-state index contributed by atoms with van der Waals surface area (Å²) in [6.45, 7) is 0. The van der Waals surface area contributed by atoms with E-state index in [-0.39, 0.29) is 23.9 Å². The highest BCUT2D eigenvalue weighted by Crippen LogP contribution is 2.54. The molecule has 4 atom stereocenters. The molecule has 1 aliphatic carbocycles. The highest BCUT2D eigenvalue weighted by molar-refractivity contribution is 7.73. The average Bonchev–Trinajstić information content (AvgIpc) is 3.72. The number of amidine groups is 1. The molecule has 43 heavy (non-hydrogen) atoms. The number of rotatable bonds is 7. The van der Waals surface area contributed by atoms with E-state index in [9.17, 15) is 4.79 Å². The summed E-state index contributed by atoms with van der Waals surface area (Å²) >= 11 is 0. The summed E-state index contributed by atoms with van der Waals surface area (Å²) in [6.07, 6.45) is 3.29. The Kier molecular flexibility index (Phi) is 7.99. The first kappa shape index (κ1) is 27.5. The van der Waals surface area contributed by atoms with Crippen molar-refractivity contribution in [3.63, 3.8) is 0 Å². The van der Waals surface area contributed by atoms with Gasteiger partial charge in [-0.15, -0.1) is 0 Å². The highest BCUT2D eigenvalue weighted by atomic mass is 31.1. The Bertz CT molecular complexity index is 1640. The van der Waals surface area contributed by atoms with Gasteiger partial charge in [0.25, 0.3) is 5.91 Å². The highest BCUT2D eigenvalue weighted by Gasteiger charge is 2.48. The molecule has 5 aromatic carbocycles. The van der Waals surface area contributed by atoms with E-state index in [1.807, 2.05) is 42.5 Å². The summed E-state index contributed by atoms with van der Waals surface area (Å²) in [6, 6.07) is 52.4. The Labute approximate surface area is 255 Å². The third-order valence-electron chi connectivity index (χ3n) is 8.83. The van der Waals surface area contributed by atoms with Gasteiger partial charge < -0.3 is 0 Å². The molecule has 1 amide bonds. The number of benzene rings is 5. The van der Waals surface area contributed by atoms with Gasteiger partial charge >= 0.3 is 0 Å². The zero-order valence-electron chi connectivity index (χ0n) is 24.1.